The Labute approximate surface area is 168 Å². The Kier molecular flexibility index (Phi) is 6.07. The Morgan fingerprint density at radius 1 is 1.14 bits per heavy atom. The number of hydrogen-bond donors (Lipinski definition) is 1. The van der Waals surface area contributed by atoms with Crippen LogP contribution in [0.15, 0.2) is 59.4 Å². The minimum Gasteiger partial charge on any atom is -0.464 e. The molecule has 0 aliphatic carbocycles. The van der Waals surface area contributed by atoms with Gasteiger partial charge in [0.05, 0.1) is 5.69 Å². The fourth-order valence-corrected chi connectivity index (χ4v) is 2.70. The van der Waals surface area contributed by atoms with Crippen molar-refractivity contribution in [3.8, 4) is 11.6 Å². The lowest BCUT2D eigenvalue weighted by atomic mass is 10.1. The van der Waals surface area contributed by atoms with Crippen LogP contribution in [-0.4, -0.2) is 21.8 Å². The second kappa shape index (κ2) is 8.68. The molecule has 0 unspecified atom stereocenters. The van der Waals surface area contributed by atoms with Gasteiger partial charge in [-0.2, -0.15) is 4.68 Å². The fraction of sp³-hybridized carbons (Fsp3) is 0.227. The highest BCUT2D eigenvalue weighted by atomic mass is 19.1. The number of hydrogen-bond acceptors (Lipinski definition) is 4. The van der Waals surface area contributed by atoms with Gasteiger partial charge in [0.15, 0.2) is 6.10 Å². The summed E-state index contributed by atoms with van der Waals surface area (Å²) < 4.78 is 20.5. The molecule has 150 valence electrons. The molecule has 1 aromatic heterocycles. The van der Waals surface area contributed by atoms with Crippen molar-refractivity contribution in [2.24, 2.45) is 0 Å². The van der Waals surface area contributed by atoms with Gasteiger partial charge in [-0.15, -0.1) is 5.10 Å². The van der Waals surface area contributed by atoms with Crippen molar-refractivity contribution >= 4 is 5.91 Å². The number of nitrogens with one attached hydrogen (secondary N) is 1. The van der Waals surface area contributed by atoms with Crippen molar-refractivity contribution in [1.29, 1.82) is 0 Å². The maximum atomic E-state index is 13.7. The first kappa shape index (κ1) is 20.3. The molecule has 0 radical (unpaired) electrons. The second-order valence-electron chi connectivity index (χ2n) is 6.76. The standard InChI is InChI=1S/C22H22FN3O3/c1-14-8-9-18(12-15(14)2)26-21(27)11-10-20(25-26)29-16(3)22(28)24-13-17-6-4-5-7-19(17)23/h4-12,16H,13H2,1-3H3,(H,24,28)/t16-/m0/s1. The maximum absolute atomic E-state index is 13.7. The molecule has 7 heteroatoms. The number of nitrogens with zero attached hydrogens (tertiary/aromatic N) is 2. The van der Waals surface area contributed by atoms with E-state index in [4.69, 9.17) is 4.74 Å². The van der Waals surface area contributed by atoms with Gasteiger partial charge in [-0.1, -0.05) is 24.3 Å². The van der Waals surface area contributed by atoms with Gasteiger partial charge in [0.25, 0.3) is 11.5 Å². The number of carbonyl (C=O) groups is 1. The molecule has 2 aromatic carbocycles. The molecule has 0 saturated heterocycles. The van der Waals surface area contributed by atoms with Gasteiger partial charge in [0.2, 0.25) is 5.88 Å². The van der Waals surface area contributed by atoms with Gasteiger partial charge >= 0.3 is 0 Å². The van der Waals surface area contributed by atoms with E-state index in [2.05, 4.69) is 10.4 Å². The number of aromatic nitrogens is 2. The van der Waals surface area contributed by atoms with Crippen molar-refractivity contribution in [1.82, 2.24) is 15.1 Å². The summed E-state index contributed by atoms with van der Waals surface area (Å²) >= 11 is 0. The molecule has 0 bridgehead atoms. The maximum Gasteiger partial charge on any atom is 0.271 e. The minimum absolute atomic E-state index is 0.0504. The monoisotopic (exact) mass is 395 g/mol. The summed E-state index contributed by atoms with van der Waals surface area (Å²) in [5.74, 6) is -0.668. The zero-order valence-electron chi connectivity index (χ0n) is 16.5. The highest BCUT2D eigenvalue weighted by Crippen LogP contribution is 2.14. The normalized spacial score (nSPS) is 11.7. The molecule has 0 fully saturated rings. The first-order valence-corrected chi connectivity index (χ1v) is 9.21. The van der Waals surface area contributed by atoms with Crippen LogP contribution in [0.1, 0.15) is 23.6 Å². The van der Waals surface area contributed by atoms with Crippen molar-refractivity contribution in [3.63, 3.8) is 0 Å². The minimum atomic E-state index is -0.875. The predicted octanol–water partition coefficient (Wildman–Crippen LogP) is 3.07. The quantitative estimate of drug-likeness (QED) is 0.696. The summed E-state index contributed by atoms with van der Waals surface area (Å²) in [5.41, 5.74) is 2.82. The first-order chi connectivity index (χ1) is 13.8. The number of benzene rings is 2. The number of halogens is 1. The molecular weight excluding hydrogens is 373 g/mol. The van der Waals surface area contributed by atoms with E-state index < -0.39 is 12.0 Å². The fourth-order valence-electron chi connectivity index (χ4n) is 2.70. The van der Waals surface area contributed by atoms with E-state index in [-0.39, 0.29) is 23.8 Å². The molecule has 1 N–H and O–H groups in total. The third kappa shape index (κ3) is 4.87. The lowest BCUT2D eigenvalue weighted by Gasteiger charge is -2.15. The third-order valence-electron chi connectivity index (χ3n) is 4.59. The van der Waals surface area contributed by atoms with Crippen LogP contribution in [0.5, 0.6) is 5.88 Å². The summed E-state index contributed by atoms with van der Waals surface area (Å²) in [7, 11) is 0. The van der Waals surface area contributed by atoms with Crippen LogP contribution < -0.4 is 15.6 Å². The molecule has 1 heterocycles. The van der Waals surface area contributed by atoms with Crippen LogP contribution in [0.2, 0.25) is 0 Å². The molecule has 0 aliphatic heterocycles. The summed E-state index contributed by atoms with van der Waals surface area (Å²) in [4.78, 5) is 24.5. The largest absolute Gasteiger partial charge is 0.464 e. The smallest absolute Gasteiger partial charge is 0.271 e. The van der Waals surface area contributed by atoms with Gasteiger partial charge in [-0.05, 0) is 50.1 Å². The molecule has 0 saturated carbocycles. The highest BCUT2D eigenvalue weighted by molar-refractivity contribution is 5.80. The van der Waals surface area contributed by atoms with Crippen molar-refractivity contribution < 1.29 is 13.9 Å². The Morgan fingerprint density at radius 3 is 2.62 bits per heavy atom. The van der Waals surface area contributed by atoms with Gasteiger partial charge in [-0.25, -0.2) is 4.39 Å². The van der Waals surface area contributed by atoms with E-state index in [1.54, 1.807) is 31.2 Å². The lowest BCUT2D eigenvalue weighted by molar-refractivity contribution is -0.127. The van der Waals surface area contributed by atoms with E-state index >= 15 is 0 Å². The number of carbonyl (C=O) groups excluding carboxylic acids is 1. The topological polar surface area (TPSA) is 73.2 Å². The molecule has 29 heavy (non-hydrogen) atoms. The first-order valence-electron chi connectivity index (χ1n) is 9.21. The second-order valence-corrected chi connectivity index (χ2v) is 6.76. The Hall–Kier alpha value is -3.48. The lowest BCUT2D eigenvalue weighted by Crippen LogP contribution is -2.36. The third-order valence-corrected chi connectivity index (χ3v) is 4.59. The van der Waals surface area contributed by atoms with Crippen LogP contribution in [-0.2, 0) is 11.3 Å². The van der Waals surface area contributed by atoms with Crippen LogP contribution >= 0.6 is 0 Å². The van der Waals surface area contributed by atoms with Crippen LogP contribution in [0.3, 0.4) is 0 Å². The van der Waals surface area contributed by atoms with E-state index in [0.717, 1.165) is 11.1 Å². The van der Waals surface area contributed by atoms with Crippen molar-refractivity contribution in [2.45, 2.75) is 33.4 Å². The molecule has 3 rings (SSSR count). The summed E-state index contributed by atoms with van der Waals surface area (Å²) in [6.07, 6.45) is -0.875. The molecule has 1 amide bonds. The Balaban J connectivity index is 1.71. The molecule has 0 aliphatic rings. The molecule has 0 spiro atoms. The summed E-state index contributed by atoms with van der Waals surface area (Å²) in [6, 6.07) is 14.5. The predicted molar refractivity (Wildman–Crippen MR) is 108 cm³/mol. The van der Waals surface area contributed by atoms with Crippen LogP contribution in [0.25, 0.3) is 5.69 Å². The van der Waals surface area contributed by atoms with E-state index in [1.165, 1.54) is 22.9 Å². The number of rotatable bonds is 6. The van der Waals surface area contributed by atoms with E-state index in [9.17, 15) is 14.0 Å². The number of aryl methyl sites for hydroxylation is 2. The van der Waals surface area contributed by atoms with Gasteiger partial charge in [-0.3, -0.25) is 9.59 Å². The average molecular weight is 395 g/mol. The van der Waals surface area contributed by atoms with E-state index in [0.29, 0.717) is 11.3 Å². The van der Waals surface area contributed by atoms with Gasteiger partial charge < -0.3 is 10.1 Å². The zero-order chi connectivity index (χ0) is 21.0. The van der Waals surface area contributed by atoms with Crippen LogP contribution in [0, 0.1) is 19.7 Å². The molecule has 6 nitrogen and oxygen atoms in total. The van der Waals surface area contributed by atoms with Crippen molar-refractivity contribution in [3.05, 3.63) is 87.5 Å². The molecule has 3 aromatic rings. The highest BCUT2D eigenvalue weighted by Gasteiger charge is 2.16. The summed E-state index contributed by atoms with van der Waals surface area (Å²) in [6.45, 7) is 5.54. The van der Waals surface area contributed by atoms with E-state index in [1.807, 2.05) is 26.0 Å². The molecule has 1 atom stereocenters. The van der Waals surface area contributed by atoms with Crippen molar-refractivity contribution in [2.75, 3.05) is 0 Å². The van der Waals surface area contributed by atoms with Gasteiger partial charge in [0, 0.05) is 24.2 Å². The Bertz CT molecular complexity index is 1090. The summed E-state index contributed by atoms with van der Waals surface area (Å²) in [5, 5.41) is 6.84. The zero-order valence-corrected chi connectivity index (χ0v) is 16.5. The molecular formula is C22H22FN3O3. The number of ether oxygens (including phenoxy) is 1. The SMILES string of the molecule is Cc1ccc(-n2nc(O[C@@H](C)C(=O)NCc3ccccc3F)ccc2=O)cc1C. The van der Waals surface area contributed by atoms with Crippen LogP contribution in [0.4, 0.5) is 4.39 Å². The van der Waals surface area contributed by atoms with Gasteiger partial charge in [0.1, 0.15) is 5.82 Å². The average Bonchev–Trinajstić information content (AvgIpc) is 2.70. The Morgan fingerprint density at radius 2 is 1.90 bits per heavy atom. The number of amides is 1.